The number of hydrogen-bond acceptors (Lipinski definition) is 5. The first-order chi connectivity index (χ1) is 19.8. The summed E-state index contributed by atoms with van der Waals surface area (Å²) < 4.78 is 17.8. The van der Waals surface area contributed by atoms with Gasteiger partial charge in [0.1, 0.15) is 17.7 Å². The van der Waals surface area contributed by atoms with Crippen LogP contribution in [0.5, 0.6) is 0 Å². The highest BCUT2D eigenvalue weighted by atomic mass is 32.2. The number of amidine groups is 1. The van der Waals surface area contributed by atoms with Gasteiger partial charge in [0.05, 0.1) is 0 Å². The molecule has 0 aliphatic carbocycles. The molecular formula is C32H38FN5O2S. The zero-order valence-electron chi connectivity index (χ0n) is 23.4. The van der Waals surface area contributed by atoms with Crippen LogP contribution in [0.15, 0.2) is 77.7 Å². The monoisotopic (exact) mass is 575 g/mol. The second kappa shape index (κ2) is 14.8. The smallest absolute Gasteiger partial charge is 0.240 e. The third-order valence-electron chi connectivity index (χ3n) is 7.54. The van der Waals surface area contributed by atoms with Crippen LogP contribution >= 0.6 is 11.9 Å². The molecule has 0 aromatic heterocycles. The van der Waals surface area contributed by atoms with Crippen LogP contribution in [-0.4, -0.2) is 48.7 Å². The fourth-order valence-electron chi connectivity index (χ4n) is 5.18. The summed E-state index contributed by atoms with van der Waals surface area (Å²) in [5.41, 5.74) is 8.54. The van der Waals surface area contributed by atoms with E-state index < -0.39 is 6.04 Å². The highest BCUT2D eigenvalue weighted by molar-refractivity contribution is 7.97. The second-order valence-corrected chi connectivity index (χ2v) is 11.3. The van der Waals surface area contributed by atoms with Crippen LogP contribution in [-0.2, 0) is 16.0 Å². The predicted molar refractivity (Wildman–Crippen MR) is 163 cm³/mol. The minimum Gasteiger partial charge on any atom is -0.384 e. The van der Waals surface area contributed by atoms with Crippen LogP contribution < -0.4 is 15.8 Å². The van der Waals surface area contributed by atoms with Crippen LogP contribution in [0.1, 0.15) is 43.2 Å². The molecule has 1 saturated heterocycles. The van der Waals surface area contributed by atoms with E-state index in [1.807, 2.05) is 53.4 Å². The summed E-state index contributed by atoms with van der Waals surface area (Å²) in [6.45, 7) is 1.37. The summed E-state index contributed by atoms with van der Waals surface area (Å²) in [6, 6.07) is 21.2. The Kier molecular flexibility index (Phi) is 10.9. The van der Waals surface area contributed by atoms with Gasteiger partial charge < -0.3 is 16.0 Å². The molecule has 0 radical (unpaired) electrons. The number of likely N-dealkylation sites (tertiary alicyclic amines) is 1. The van der Waals surface area contributed by atoms with Crippen molar-refractivity contribution < 1.29 is 14.0 Å². The summed E-state index contributed by atoms with van der Waals surface area (Å²) in [5, 5.41) is 10.5. The van der Waals surface area contributed by atoms with Crippen LogP contribution in [0.2, 0.25) is 0 Å². The molecule has 5 N–H and O–H groups in total. The molecule has 0 bridgehead atoms. The first-order valence-electron chi connectivity index (χ1n) is 14.0. The Morgan fingerprint density at radius 1 is 1.07 bits per heavy atom. The molecular weight excluding hydrogens is 537 g/mol. The molecule has 41 heavy (non-hydrogen) atoms. The van der Waals surface area contributed by atoms with Gasteiger partial charge in [-0.15, -0.1) is 0 Å². The van der Waals surface area contributed by atoms with Crippen LogP contribution in [0.25, 0.3) is 11.1 Å². The van der Waals surface area contributed by atoms with E-state index in [2.05, 4.69) is 10.0 Å². The van der Waals surface area contributed by atoms with Gasteiger partial charge in [0.15, 0.2) is 0 Å². The van der Waals surface area contributed by atoms with Crippen LogP contribution in [0, 0.1) is 17.1 Å². The molecule has 1 unspecified atom stereocenters. The van der Waals surface area contributed by atoms with Gasteiger partial charge in [-0.2, -0.15) is 0 Å². The summed E-state index contributed by atoms with van der Waals surface area (Å²) in [4.78, 5) is 28.1. The number of nitrogens with two attached hydrogens (primary N) is 1. The maximum absolute atomic E-state index is 14.4. The molecule has 7 nitrogen and oxygen atoms in total. The van der Waals surface area contributed by atoms with E-state index in [-0.39, 0.29) is 23.5 Å². The van der Waals surface area contributed by atoms with Crippen molar-refractivity contribution >= 4 is 29.6 Å². The molecule has 1 fully saturated rings. The molecule has 1 atom stereocenters. The number of piperidine rings is 1. The van der Waals surface area contributed by atoms with Crippen molar-refractivity contribution in [2.24, 2.45) is 11.7 Å². The Bertz CT molecular complexity index is 1360. The van der Waals surface area contributed by atoms with E-state index in [4.69, 9.17) is 11.1 Å². The number of benzene rings is 3. The number of rotatable bonds is 12. The molecule has 2 amide bonds. The van der Waals surface area contributed by atoms with E-state index >= 15 is 0 Å². The maximum Gasteiger partial charge on any atom is 0.240 e. The summed E-state index contributed by atoms with van der Waals surface area (Å²) in [6.07, 6.45) is 4.66. The predicted octanol–water partition coefficient (Wildman–Crippen LogP) is 5.14. The zero-order chi connectivity index (χ0) is 29.2. The third kappa shape index (κ3) is 8.65. The average Bonchev–Trinajstić information content (AvgIpc) is 2.99. The number of nitrogens with one attached hydrogen (secondary N) is 3. The van der Waals surface area contributed by atoms with Crippen molar-refractivity contribution in [3.63, 3.8) is 0 Å². The number of nitrogen functional groups attached to an aromatic ring is 1. The van der Waals surface area contributed by atoms with Crippen molar-refractivity contribution in [1.29, 1.82) is 5.41 Å². The normalized spacial score (nSPS) is 14.4. The number of halogens is 1. The highest BCUT2D eigenvalue weighted by Crippen LogP contribution is 2.28. The standard InChI is InChI=1S/C32H38FN5O2S/c1-36-30(39)14-5-7-22-15-17-38(18-16-22)32(40)29(20-23-8-4-10-25(19-23)31(34)35)37-41-26-11-6-9-24(21-26)27-12-2-3-13-28(27)33/h2-4,6,8-13,19,21-22,29,37H,5,7,14-18,20H2,1H3,(H3,34,35)(H,36,39). The fourth-order valence-corrected chi connectivity index (χ4v) is 5.98. The molecule has 3 aromatic carbocycles. The molecule has 1 aliphatic rings. The topological polar surface area (TPSA) is 111 Å². The zero-order valence-corrected chi connectivity index (χ0v) is 24.2. The molecule has 0 saturated carbocycles. The maximum atomic E-state index is 14.4. The Morgan fingerprint density at radius 3 is 2.56 bits per heavy atom. The van der Waals surface area contributed by atoms with Gasteiger partial charge in [-0.05, 0) is 85.4 Å². The lowest BCUT2D eigenvalue weighted by Crippen LogP contribution is -2.48. The van der Waals surface area contributed by atoms with Gasteiger partial charge in [-0.3, -0.25) is 15.0 Å². The van der Waals surface area contributed by atoms with Gasteiger partial charge in [-0.1, -0.05) is 48.5 Å². The molecule has 9 heteroatoms. The van der Waals surface area contributed by atoms with Crippen molar-refractivity contribution in [3.8, 4) is 11.1 Å². The molecule has 4 rings (SSSR count). The summed E-state index contributed by atoms with van der Waals surface area (Å²) in [7, 11) is 1.66. The summed E-state index contributed by atoms with van der Waals surface area (Å²) in [5.74, 6) is 0.313. The lowest BCUT2D eigenvalue weighted by molar-refractivity contribution is -0.134. The lowest BCUT2D eigenvalue weighted by atomic mass is 9.91. The van der Waals surface area contributed by atoms with Gasteiger partial charge in [0.25, 0.3) is 0 Å². The van der Waals surface area contributed by atoms with E-state index in [9.17, 15) is 14.0 Å². The van der Waals surface area contributed by atoms with Crippen molar-refractivity contribution in [2.45, 2.75) is 49.5 Å². The number of amides is 2. The van der Waals surface area contributed by atoms with Gasteiger partial charge in [0, 0.05) is 42.6 Å². The number of carbonyl (C=O) groups excluding carboxylic acids is 2. The van der Waals surface area contributed by atoms with E-state index in [1.165, 1.54) is 18.0 Å². The highest BCUT2D eigenvalue weighted by Gasteiger charge is 2.29. The van der Waals surface area contributed by atoms with E-state index in [1.54, 1.807) is 25.2 Å². The molecule has 1 heterocycles. The van der Waals surface area contributed by atoms with Gasteiger partial charge in [-0.25, -0.2) is 9.11 Å². The molecule has 1 aliphatic heterocycles. The van der Waals surface area contributed by atoms with Crippen molar-refractivity contribution in [2.75, 3.05) is 20.1 Å². The fraction of sp³-hybridized carbons (Fsp3) is 0.344. The van der Waals surface area contributed by atoms with Gasteiger partial charge >= 0.3 is 0 Å². The lowest BCUT2D eigenvalue weighted by Gasteiger charge is -2.34. The van der Waals surface area contributed by atoms with Crippen molar-refractivity contribution in [3.05, 3.63) is 89.7 Å². The van der Waals surface area contributed by atoms with Crippen molar-refractivity contribution in [1.82, 2.24) is 14.9 Å². The first-order valence-corrected chi connectivity index (χ1v) is 14.9. The third-order valence-corrected chi connectivity index (χ3v) is 8.43. The second-order valence-electron chi connectivity index (χ2n) is 10.4. The number of nitrogens with zero attached hydrogens (tertiary/aromatic N) is 1. The van der Waals surface area contributed by atoms with Gasteiger partial charge in [0.2, 0.25) is 11.8 Å². The quantitative estimate of drug-likeness (QED) is 0.136. The van der Waals surface area contributed by atoms with Crippen LogP contribution in [0.3, 0.4) is 0 Å². The molecule has 216 valence electrons. The minimum atomic E-state index is -0.510. The number of hydrogen-bond donors (Lipinski definition) is 4. The first kappa shape index (κ1) is 30.3. The Labute approximate surface area is 245 Å². The largest absolute Gasteiger partial charge is 0.384 e. The van der Waals surface area contributed by atoms with E-state index in [0.717, 1.165) is 41.7 Å². The van der Waals surface area contributed by atoms with Crippen LogP contribution in [0.4, 0.5) is 4.39 Å². The minimum absolute atomic E-state index is 0.0134. The average molecular weight is 576 g/mol. The molecule has 0 spiro atoms. The molecule has 3 aromatic rings. The van der Waals surface area contributed by atoms with E-state index in [0.29, 0.717) is 43.0 Å². The Hall–Kier alpha value is -3.69. The SMILES string of the molecule is CNC(=O)CCCC1CCN(C(=O)C(Cc2cccc(C(=N)N)c2)NSc2cccc(-c3ccccc3F)c2)CC1. The summed E-state index contributed by atoms with van der Waals surface area (Å²) >= 11 is 1.36. The number of carbonyl (C=O) groups is 2. The Balaban J connectivity index is 1.44. The Morgan fingerprint density at radius 2 is 1.83 bits per heavy atom.